The summed E-state index contributed by atoms with van der Waals surface area (Å²) >= 11 is 1.29. The van der Waals surface area contributed by atoms with Gasteiger partial charge in [0.05, 0.1) is 37.5 Å². The van der Waals surface area contributed by atoms with Crippen LogP contribution in [0.5, 0.6) is 11.5 Å². The van der Waals surface area contributed by atoms with Crippen molar-refractivity contribution < 1.29 is 23.8 Å². The van der Waals surface area contributed by atoms with Crippen LogP contribution in [0.15, 0.2) is 52.4 Å². The van der Waals surface area contributed by atoms with Crippen LogP contribution in [0.3, 0.4) is 0 Å². The molecule has 0 unspecified atom stereocenters. The number of amidine groups is 1. The molecule has 7 nitrogen and oxygen atoms in total. The molecule has 0 aliphatic carbocycles. The minimum absolute atomic E-state index is 0.127. The van der Waals surface area contributed by atoms with E-state index in [0.717, 1.165) is 5.56 Å². The van der Waals surface area contributed by atoms with Crippen LogP contribution in [-0.2, 0) is 9.53 Å². The van der Waals surface area contributed by atoms with Gasteiger partial charge in [0, 0.05) is 12.1 Å². The number of hydrogen-bond donors (Lipinski definition) is 0. The summed E-state index contributed by atoms with van der Waals surface area (Å²) in [7, 11) is 4.50. The van der Waals surface area contributed by atoms with Crippen molar-refractivity contribution in [3.63, 3.8) is 0 Å². The van der Waals surface area contributed by atoms with E-state index < -0.39 is 5.97 Å². The van der Waals surface area contributed by atoms with Crippen LogP contribution >= 0.6 is 11.8 Å². The molecule has 3 rings (SSSR count). The molecule has 1 aliphatic heterocycles. The monoisotopic (exact) mass is 426 g/mol. The summed E-state index contributed by atoms with van der Waals surface area (Å²) in [4.78, 5) is 31.2. The molecule has 0 atom stereocenters. The second kappa shape index (κ2) is 9.49. The fourth-order valence-corrected chi connectivity index (χ4v) is 3.92. The number of methoxy groups -OCH3 is 3. The Balaban J connectivity index is 1.93. The highest BCUT2D eigenvalue weighted by Gasteiger charge is 2.32. The van der Waals surface area contributed by atoms with E-state index in [1.54, 1.807) is 61.6 Å². The molecule has 0 radical (unpaired) electrons. The van der Waals surface area contributed by atoms with Gasteiger partial charge < -0.3 is 14.2 Å². The van der Waals surface area contributed by atoms with Crippen molar-refractivity contribution in [3.05, 3.63) is 58.5 Å². The van der Waals surface area contributed by atoms with E-state index in [4.69, 9.17) is 14.2 Å². The van der Waals surface area contributed by atoms with Crippen LogP contribution in [0.1, 0.15) is 22.8 Å². The Bertz CT molecular complexity index is 1010. The van der Waals surface area contributed by atoms with Crippen molar-refractivity contribution in [2.45, 2.75) is 6.92 Å². The van der Waals surface area contributed by atoms with Crippen molar-refractivity contribution in [1.29, 1.82) is 0 Å². The first-order valence-electron chi connectivity index (χ1n) is 9.21. The van der Waals surface area contributed by atoms with Crippen molar-refractivity contribution in [2.24, 2.45) is 4.99 Å². The first-order valence-corrected chi connectivity index (χ1v) is 10.0. The standard InChI is InChI=1S/C22H22N2O5S/c1-5-24-20(25)19(13-15-12-17(27-2)10-11-18(15)28-3)30-22(24)23-16-8-6-14(7-9-16)21(26)29-4/h6-13H,5H2,1-4H3. The Labute approximate surface area is 179 Å². The van der Waals surface area contributed by atoms with Crippen LogP contribution in [-0.4, -0.2) is 49.8 Å². The molecule has 156 valence electrons. The molecule has 30 heavy (non-hydrogen) atoms. The second-order valence-corrected chi connectivity index (χ2v) is 7.21. The Kier molecular flexibility index (Phi) is 6.79. The highest BCUT2D eigenvalue weighted by molar-refractivity contribution is 8.18. The molecule has 0 N–H and O–H groups in total. The molecule has 2 aromatic carbocycles. The fraction of sp³-hybridized carbons (Fsp3) is 0.227. The van der Waals surface area contributed by atoms with Crippen molar-refractivity contribution in [2.75, 3.05) is 27.9 Å². The molecule has 0 spiro atoms. The number of aliphatic imine (C=N–C) groups is 1. The molecular weight excluding hydrogens is 404 g/mol. The average Bonchev–Trinajstić information content (AvgIpc) is 3.07. The zero-order valence-corrected chi connectivity index (χ0v) is 18.0. The third-order valence-electron chi connectivity index (χ3n) is 4.44. The molecule has 1 fully saturated rings. The van der Waals surface area contributed by atoms with Crippen molar-refractivity contribution in [3.8, 4) is 11.5 Å². The molecule has 0 aromatic heterocycles. The Hall–Kier alpha value is -3.26. The molecule has 8 heteroatoms. The summed E-state index contributed by atoms with van der Waals surface area (Å²) in [6.07, 6.45) is 1.78. The first kappa shape index (κ1) is 21.4. The van der Waals surface area contributed by atoms with Crippen LogP contribution in [0.25, 0.3) is 6.08 Å². The summed E-state index contributed by atoms with van der Waals surface area (Å²) in [5.74, 6) is 0.776. The van der Waals surface area contributed by atoms with Gasteiger partial charge >= 0.3 is 5.97 Å². The third-order valence-corrected chi connectivity index (χ3v) is 5.45. The summed E-state index contributed by atoms with van der Waals surface area (Å²) in [6.45, 7) is 2.38. The number of amides is 1. The number of benzene rings is 2. The summed E-state index contributed by atoms with van der Waals surface area (Å²) in [6, 6.07) is 12.1. The molecule has 2 aromatic rings. The van der Waals surface area contributed by atoms with Gasteiger partial charge in [0.15, 0.2) is 5.17 Å². The molecule has 1 saturated heterocycles. The highest BCUT2D eigenvalue weighted by Crippen LogP contribution is 2.36. The van der Waals surface area contributed by atoms with Crippen LogP contribution < -0.4 is 9.47 Å². The lowest BCUT2D eigenvalue weighted by atomic mass is 10.1. The number of carbonyl (C=O) groups is 2. The number of likely N-dealkylation sites (N-methyl/N-ethyl adjacent to an activating group) is 1. The van der Waals surface area contributed by atoms with Gasteiger partial charge in [-0.1, -0.05) is 0 Å². The lowest BCUT2D eigenvalue weighted by molar-refractivity contribution is -0.122. The molecule has 1 heterocycles. The van der Waals surface area contributed by atoms with Crippen LogP contribution in [0.4, 0.5) is 5.69 Å². The van der Waals surface area contributed by atoms with E-state index in [2.05, 4.69) is 4.99 Å². The van der Waals surface area contributed by atoms with Crippen molar-refractivity contribution in [1.82, 2.24) is 4.90 Å². The van der Waals surface area contributed by atoms with Gasteiger partial charge in [-0.05, 0) is 67.2 Å². The maximum Gasteiger partial charge on any atom is 0.337 e. The van der Waals surface area contributed by atoms with Gasteiger partial charge in [-0.15, -0.1) is 0 Å². The molecule has 1 aliphatic rings. The number of hydrogen-bond acceptors (Lipinski definition) is 7. The number of carbonyl (C=O) groups excluding carboxylic acids is 2. The van der Waals surface area contributed by atoms with Crippen molar-refractivity contribution >= 4 is 40.6 Å². The van der Waals surface area contributed by atoms with E-state index in [9.17, 15) is 9.59 Å². The maximum absolute atomic E-state index is 12.9. The van der Waals surface area contributed by atoms with Gasteiger partial charge in [-0.2, -0.15) is 0 Å². The Morgan fingerprint density at radius 3 is 2.43 bits per heavy atom. The maximum atomic E-state index is 12.9. The lowest BCUT2D eigenvalue weighted by Crippen LogP contribution is -2.28. The van der Waals surface area contributed by atoms with E-state index in [1.165, 1.54) is 18.9 Å². The fourth-order valence-electron chi connectivity index (χ4n) is 2.86. The number of ether oxygens (including phenoxy) is 3. The van der Waals surface area contributed by atoms with E-state index in [-0.39, 0.29) is 5.91 Å². The quantitative estimate of drug-likeness (QED) is 0.511. The van der Waals surface area contributed by atoms with Crippen LogP contribution in [0, 0.1) is 0 Å². The number of thioether (sulfide) groups is 1. The normalized spacial score (nSPS) is 16.3. The largest absolute Gasteiger partial charge is 0.497 e. The van der Waals surface area contributed by atoms with Gasteiger partial charge in [0.1, 0.15) is 11.5 Å². The molecule has 0 bridgehead atoms. The summed E-state index contributed by atoms with van der Waals surface area (Å²) in [5, 5.41) is 0.571. The van der Waals surface area contributed by atoms with Crippen LogP contribution in [0.2, 0.25) is 0 Å². The summed E-state index contributed by atoms with van der Waals surface area (Å²) < 4.78 is 15.4. The van der Waals surface area contributed by atoms with Gasteiger partial charge in [0.25, 0.3) is 5.91 Å². The zero-order valence-electron chi connectivity index (χ0n) is 17.2. The molecule has 0 saturated carbocycles. The first-order chi connectivity index (χ1) is 14.5. The molecular formula is C22H22N2O5S. The van der Waals surface area contributed by atoms with E-state index in [1.807, 2.05) is 13.0 Å². The van der Waals surface area contributed by atoms with E-state index in [0.29, 0.717) is 39.4 Å². The summed E-state index contributed by atoms with van der Waals surface area (Å²) in [5.41, 5.74) is 1.82. The third kappa shape index (κ3) is 4.49. The number of nitrogens with zero attached hydrogens (tertiary/aromatic N) is 2. The predicted molar refractivity (Wildman–Crippen MR) is 117 cm³/mol. The topological polar surface area (TPSA) is 77.4 Å². The lowest BCUT2D eigenvalue weighted by Gasteiger charge is -2.12. The zero-order chi connectivity index (χ0) is 21.7. The highest BCUT2D eigenvalue weighted by atomic mass is 32.2. The smallest absolute Gasteiger partial charge is 0.337 e. The Morgan fingerprint density at radius 1 is 1.10 bits per heavy atom. The number of rotatable bonds is 6. The van der Waals surface area contributed by atoms with Gasteiger partial charge in [-0.3, -0.25) is 9.69 Å². The second-order valence-electron chi connectivity index (χ2n) is 6.20. The van der Waals surface area contributed by atoms with Gasteiger partial charge in [-0.25, -0.2) is 9.79 Å². The SMILES string of the molecule is CCN1C(=O)C(=Cc2cc(OC)ccc2OC)SC1=Nc1ccc(C(=O)OC)cc1. The Morgan fingerprint density at radius 2 is 1.83 bits per heavy atom. The van der Waals surface area contributed by atoms with Gasteiger partial charge in [0.2, 0.25) is 0 Å². The minimum Gasteiger partial charge on any atom is -0.497 e. The molecule has 1 amide bonds. The predicted octanol–water partition coefficient (Wildman–Crippen LogP) is 4.11. The number of esters is 1. The minimum atomic E-state index is -0.410. The van der Waals surface area contributed by atoms with E-state index >= 15 is 0 Å². The average molecular weight is 426 g/mol.